The Morgan fingerprint density at radius 3 is 2.44 bits per heavy atom. The lowest BCUT2D eigenvalue weighted by molar-refractivity contribution is 0.0358. The molecule has 2 heterocycles. The van der Waals surface area contributed by atoms with Crippen molar-refractivity contribution in [2.24, 2.45) is 0 Å². The van der Waals surface area contributed by atoms with Gasteiger partial charge in [-0.05, 0) is 50.0 Å². The van der Waals surface area contributed by atoms with Crippen LogP contribution in [0.1, 0.15) is 31.2 Å². The number of piperidine rings is 1. The van der Waals surface area contributed by atoms with E-state index in [9.17, 15) is 0 Å². The molecule has 1 aromatic rings. The van der Waals surface area contributed by atoms with E-state index < -0.39 is 0 Å². The summed E-state index contributed by atoms with van der Waals surface area (Å²) >= 11 is 0. The van der Waals surface area contributed by atoms with Gasteiger partial charge in [-0.3, -0.25) is 9.80 Å². The summed E-state index contributed by atoms with van der Waals surface area (Å²) < 4.78 is 11.3. The molecular weight excluding hydrogens is 359 g/mol. The summed E-state index contributed by atoms with van der Waals surface area (Å²) in [6, 6.07) is 8.63. The SMILES string of the molecule is Cl.Cl.c1cc(CN2CCCCC2)cc(OCCCN2CCOCC2)c1. The lowest BCUT2D eigenvalue weighted by Gasteiger charge is -2.26. The van der Waals surface area contributed by atoms with Crippen LogP contribution in [0.3, 0.4) is 0 Å². The molecule has 0 amide bonds. The van der Waals surface area contributed by atoms with Crippen LogP contribution in [-0.2, 0) is 11.3 Å². The molecule has 0 spiro atoms. The topological polar surface area (TPSA) is 24.9 Å². The Kier molecular flexibility index (Phi) is 11.5. The second-order valence-corrected chi connectivity index (χ2v) is 6.64. The van der Waals surface area contributed by atoms with Gasteiger partial charge in [0, 0.05) is 26.2 Å². The van der Waals surface area contributed by atoms with Crippen molar-refractivity contribution in [3.8, 4) is 5.75 Å². The maximum Gasteiger partial charge on any atom is 0.119 e. The summed E-state index contributed by atoms with van der Waals surface area (Å²) in [5, 5.41) is 0. The zero-order valence-corrected chi connectivity index (χ0v) is 16.7. The molecule has 4 nitrogen and oxygen atoms in total. The van der Waals surface area contributed by atoms with E-state index >= 15 is 0 Å². The minimum atomic E-state index is 0. The molecule has 0 aromatic heterocycles. The van der Waals surface area contributed by atoms with Crippen LogP contribution in [0.4, 0.5) is 0 Å². The van der Waals surface area contributed by atoms with Gasteiger partial charge in [0.25, 0.3) is 0 Å². The zero-order valence-electron chi connectivity index (χ0n) is 15.0. The minimum Gasteiger partial charge on any atom is -0.494 e. The summed E-state index contributed by atoms with van der Waals surface area (Å²) in [4.78, 5) is 5.01. The van der Waals surface area contributed by atoms with Crippen molar-refractivity contribution in [2.45, 2.75) is 32.2 Å². The Morgan fingerprint density at radius 2 is 1.68 bits per heavy atom. The third kappa shape index (κ3) is 8.14. The highest BCUT2D eigenvalue weighted by Crippen LogP contribution is 2.17. The van der Waals surface area contributed by atoms with E-state index in [1.54, 1.807) is 0 Å². The van der Waals surface area contributed by atoms with Gasteiger partial charge in [-0.1, -0.05) is 18.6 Å². The quantitative estimate of drug-likeness (QED) is 0.663. The number of likely N-dealkylation sites (tertiary alicyclic amines) is 1. The van der Waals surface area contributed by atoms with Gasteiger partial charge >= 0.3 is 0 Å². The molecule has 2 aliphatic rings. The fraction of sp³-hybridized carbons (Fsp3) is 0.684. The molecule has 0 atom stereocenters. The molecule has 6 heteroatoms. The molecule has 0 bridgehead atoms. The first kappa shape index (κ1) is 22.5. The van der Waals surface area contributed by atoms with Gasteiger partial charge in [-0.15, -0.1) is 24.8 Å². The van der Waals surface area contributed by atoms with Crippen molar-refractivity contribution < 1.29 is 9.47 Å². The van der Waals surface area contributed by atoms with Crippen molar-refractivity contribution in [1.82, 2.24) is 9.80 Å². The Bertz CT molecular complexity index is 464. The molecule has 0 radical (unpaired) electrons. The maximum absolute atomic E-state index is 5.95. The van der Waals surface area contributed by atoms with E-state index in [2.05, 4.69) is 34.1 Å². The number of hydrogen-bond acceptors (Lipinski definition) is 4. The fourth-order valence-electron chi connectivity index (χ4n) is 3.41. The van der Waals surface area contributed by atoms with Crippen molar-refractivity contribution >= 4 is 24.8 Å². The standard InChI is InChI=1S/C19H30N2O2.2ClH/c1-2-8-21(9-3-1)17-18-6-4-7-19(16-18)23-13-5-10-20-11-14-22-15-12-20;;/h4,6-7,16H,1-3,5,8-15,17H2;2*1H. The van der Waals surface area contributed by atoms with Crippen LogP contribution in [0, 0.1) is 0 Å². The molecule has 2 aliphatic heterocycles. The number of hydrogen-bond donors (Lipinski definition) is 0. The van der Waals surface area contributed by atoms with Crippen LogP contribution in [0.25, 0.3) is 0 Å². The lowest BCUT2D eigenvalue weighted by atomic mass is 10.1. The van der Waals surface area contributed by atoms with Crippen LogP contribution < -0.4 is 4.74 Å². The molecule has 0 aliphatic carbocycles. The maximum atomic E-state index is 5.95. The molecule has 0 saturated carbocycles. The second kappa shape index (κ2) is 12.8. The Balaban J connectivity index is 0.00000156. The summed E-state index contributed by atoms with van der Waals surface area (Å²) in [7, 11) is 0. The van der Waals surface area contributed by atoms with Crippen LogP contribution in [0.5, 0.6) is 5.75 Å². The van der Waals surface area contributed by atoms with E-state index in [4.69, 9.17) is 9.47 Å². The molecular formula is C19H32Cl2N2O2. The van der Waals surface area contributed by atoms with Crippen LogP contribution in [0.2, 0.25) is 0 Å². The van der Waals surface area contributed by atoms with Gasteiger partial charge < -0.3 is 9.47 Å². The average Bonchev–Trinajstić information content (AvgIpc) is 2.61. The van der Waals surface area contributed by atoms with E-state index in [1.165, 1.54) is 37.9 Å². The average molecular weight is 391 g/mol. The Hall–Kier alpha value is -0.520. The lowest BCUT2D eigenvalue weighted by Crippen LogP contribution is -2.37. The van der Waals surface area contributed by atoms with Crippen molar-refractivity contribution in [2.75, 3.05) is 52.5 Å². The number of morpholine rings is 1. The minimum absolute atomic E-state index is 0. The zero-order chi connectivity index (χ0) is 15.7. The van der Waals surface area contributed by atoms with Gasteiger partial charge in [0.1, 0.15) is 5.75 Å². The van der Waals surface area contributed by atoms with E-state index in [-0.39, 0.29) is 24.8 Å². The van der Waals surface area contributed by atoms with Crippen molar-refractivity contribution in [3.63, 3.8) is 0 Å². The Labute approximate surface area is 164 Å². The molecule has 3 rings (SSSR count). The predicted molar refractivity (Wildman–Crippen MR) is 107 cm³/mol. The number of halogens is 2. The third-order valence-electron chi connectivity index (χ3n) is 4.74. The van der Waals surface area contributed by atoms with Gasteiger partial charge in [-0.2, -0.15) is 0 Å². The molecule has 144 valence electrons. The summed E-state index contributed by atoms with van der Waals surface area (Å²) in [6.45, 7) is 9.32. The highest BCUT2D eigenvalue weighted by molar-refractivity contribution is 5.85. The van der Waals surface area contributed by atoms with Gasteiger partial charge in [0.15, 0.2) is 0 Å². The number of benzene rings is 1. The first-order valence-corrected chi connectivity index (χ1v) is 9.14. The van der Waals surface area contributed by atoms with Gasteiger partial charge in [-0.25, -0.2) is 0 Å². The number of rotatable bonds is 7. The van der Waals surface area contributed by atoms with Crippen LogP contribution >= 0.6 is 24.8 Å². The first-order valence-electron chi connectivity index (χ1n) is 9.14. The van der Waals surface area contributed by atoms with E-state index in [0.29, 0.717) is 0 Å². The molecule has 0 unspecified atom stereocenters. The molecule has 25 heavy (non-hydrogen) atoms. The third-order valence-corrected chi connectivity index (χ3v) is 4.74. The largest absolute Gasteiger partial charge is 0.494 e. The van der Waals surface area contributed by atoms with E-state index in [1.807, 2.05) is 0 Å². The molecule has 1 aromatic carbocycles. The van der Waals surface area contributed by atoms with Gasteiger partial charge in [0.05, 0.1) is 19.8 Å². The summed E-state index contributed by atoms with van der Waals surface area (Å²) in [5.74, 6) is 1.02. The van der Waals surface area contributed by atoms with Crippen molar-refractivity contribution in [3.05, 3.63) is 29.8 Å². The Morgan fingerprint density at radius 1 is 0.920 bits per heavy atom. The number of nitrogens with zero attached hydrogens (tertiary/aromatic N) is 2. The normalized spacial score (nSPS) is 18.9. The first-order chi connectivity index (χ1) is 11.4. The highest BCUT2D eigenvalue weighted by atomic mass is 35.5. The fourth-order valence-corrected chi connectivity index (χ4v) is 3.41. The summed E-state index contributed by atoms with van der Waals surface area (Å²) in [6.07, 6.45) is 5.16. The smallest absolute Gasteiger partial charge is 0.119 e. The van der Waals surface area contributed by atoms with Crippen LogP contribution in [0.15, 0.2) is 24.3 Å². The molecule has 0 N–H and O–H groups in total. The predicted octanol–water partition coefficient (Wildman–Crippen LogP) is 3.62. The second-order valence-electron chi connectivity index (χ2n) is 6.64. The van der Waals surface area contributed by atoms with Crippen molar-refractivity contribution in [1.29, 1.82) is 0 Å². The van der Waals surface area contributed by atoms with Crippen LogP contribution in [-0.4, -0.2) is 62.3 Å². The summed E-state index contributed by atoms with van der Waals surface area (Å²) in [5.41, 5.74) is 1.37. The van der Waals surface area contributed by atoms with Gasteiger partial charge in [0.2, 0.25) is 0 Å². The van der Waals surface area contributed by atoms with E-state index in [0.717, 1.165) is 58.2 Å². The highest BCUT2D eigenvalue weighted by Gasteiger charge is 2.11. The monoisotopic (exact) mass is 390 g/mol. The number of ether oxygens (including phenoxy) is 2. The molecule has 2 fully saturated rings. The molecule has 2 saturated heterocycles.